The van der Waals surface area contributed by atoms with Crippen LogP contribution in [0.25, 0.3) is 0 Å². The number of piperazine rings is 1. The lowest BCUT2D eigenvalue weighted by Gasteiger charge is -2.29. The lowest BCUT2D eigenvalue weighted by molar-refractivity contribution is -0.132. The van der Waals surface area contributed by atoms with Gasteiger partial charge in [-0.05, 0) is 18.1 Å². The average Bonchev–Trinajstić information content (AvgIpc) is 2.74. The van der Waals surface area contributed by atoms with Crippen LogP contribution in [-0.4, -0.2) is 82.2 Å². The minimum atomic E-state index is -0.161. The molecule has 162 valence electrons. The molecule has 1 aromatic rings. The van der Waals surface area contributed by atoms with Crippen molar-refractivity contribution in [2.45, 2.75) is 20.3 Å². The summed E-state index contributed by atoms with van der Waals surface area (Å²) < 4.78 is 16.1. The number of carbonyl (C=O) groups is 2. The van der Waals surface area contributed by atoms with Crippen molar-refractivity contribution in [3.8, 4) is 17.2 Å². The van der Waals surface area contributed by atoms with E-state index in [1.54, 1.807) is 17.0 Å². The van der Waals surface area contributed by atoms with E-state index in [1.165, 1.54) is 21.3 Å². The molecule has 0 bridgehead atoms. The minimum absolute atomic E-state index is 0.0814. The molecular formula is C21H33N3O5. The number of carbonyl (C=O) groups excluding carboxylic acids is 2. The molecule has 1 aliphatic rings. The second kappa shape index (κ2) is 10.9. The standard InChI is InChI=1S/C21H33N3O5/c1-15(2)14-24(9-6-19(25)23-10-7-22-8-11-23)21(26)16-12-17(27-3)20(29-5)18(13-16)28-4/h12-13,15,22H,6-11,14H2,1-5H3. The fourth-order valence-electron chi connectivity index (χ4n) is 3.41. The third-order valence-electron chi connectivity index (χ3n) is 4.85. The van der Waals surface area contributed by atoms with Gasteiger partial charge in [0.25, 0.3) is 5.91 Å². The van der Waals surface area contributed by atoms with E-state index in [0.717, 1.165) is 13.1 Å². The zero-order valence-corrected chi connectivity index (χ0v) is 18.1. The molecule has 0 saturated carbocycles. The zero-order valence-electron chi connectivity index (χ0n) is 18.1. The van der Waals surface area contributed by atoms with Crippen LogP contribution in [0.5, 0.6) is 17.2 Å². The Morgan fingerprint density at radius 2 is 1.66 bits per heavy atom. The van der Waals surface area contributed by atoms with Crippen molar-refractivity contribution in [2.24, 2.45) is 5.92 Å². The van der Waals surface area contributed by atoms with Crippen molar-refractivity contribution in [2.75, 3.05) is 60.6 Å². The molecule has 0 aliphatic carbocycles. The molecule has 0 unspecified atom stereocenters. The van der Waals surface area contributed by atoms with Gasteiger partial charge in [-0.25, -0.2) is 0 Å². The molecule has 2 amide bonds. The summed E-state index contributed by atoms with van der Waals surface area (Å²) >= 11 is 0. The Bertz CT molecular complexity index is 677. The van der Waals surface area contributed by atoms with E-state index in [1.807, 2.05) is 18.7 Å². The van der Waals surface area contributed by atoms with Gasteiger partial charge in [-0.15, -0.1) is 0 Å². The van der Waals surface area contributed by atoms with Crippen LogP contribution in [0.15, 0.2) is 12.1 Å². The first-order valence-corrected chi connectivity index (χ1v) is 9.99. The lowest BCUT2D eigenvalue weighted by Crippen LogP contribution is -2.47. The molecule has 0 radical (unpaired) electrons. The Balaban J connectivity index is 2.18. The van der Waals surface area contributed by atoms with Gasteiger partial charge in [0.2, 0.25) is 11.7 Å². The molecular weight excluding hydrogens is 374 g/mol. The summed E-state index contributed by atoms with van der Waals surface area (Å²) in [5.74, 6) is 1.49. The van der Waals surface area contributed by atoms with Crippen LogP contribution in [0.1, 0.15) is 30.6 Å². The summed E-state index contributed by atoms with van der Waals surface area (Å²) in [6, 6.07) is 3.30. The highest BCUT2D eigenvalue weighted by Gasteiger charge is 2.24. The van der Waals surface area contributed by atoms with Gasteiger partial charge in [-0.1, -0.05) is 13.8 Å². The largest absolute Gasteiger partial charge is 0.493 e. The fourth-order valence-corrected chi connectivity index (χ4v) is 3.41. The van der Waals surface area contributed by atoms with Gasteiger partial charge < -0.3 is 29.3 Å². The maximum Gasteiger partial charge on any atom is 0.254 e. The summed E-state index contributed by atoms with van der Waals surface area (Å²) in [4.78, 5) is 29.4. The first-order valence-electron chi connectivity index (χ1n) is 9.99. The van der Waals surface area contributed by atoms with Crippen molar-refractivity contribution < 1.29 is 23.8 Å². The highest BCUT2D eigenvalue weighted by molar-refractivity contribution is 5.96. The summed E-state index contributed by atoms with van der Waals surface area (Å²) in [5.41, 5.74) is 0.440. The van der Waals surface area contributed by atoms with Crippen LogP contribution in [0.2, 0.25) is 0 Å². The predicted molar refractivity (Wildman–Crippen MR) is 111 cm³/mol. The van der Waals surface area contributed by atoms with Crippen LogP contribution >= 0.6 is 0 Å². The average molecular weight is 408 g/mol. The van der Waals surface area contributed by atoms with Crippen LogP contribution in [-0.2, 0) is 4.79 Å². The first-order chi connectivity index (χ1) is 13.9. The van der Waals surface area contributed by atoms with Crippen LogP contribution in [0.4, 0.5) is 0 Å². The van der Waals surface area contributed by atoms with Gasteiger partial charge in [-0.3, -0.25) is 9.59 Å². The molecule has 0 aromatic heterocycles. The molecule has 2 rings (SSSR count). The third-order valence-corrected chi connectivity index (χ3v) is 4.85. The molecule has 1 heterocycles. The van der Waals surface area contributed by atoms with E-state index in [9.17, 15) is 9.59 Å². The minimum Gasteiger partial charge on any atom is -0.493 e. The molecule has 1 aromatic carbocycles. The summed E-state index contributed by atoms with van der Waals surface area (Å²) in [7, 11) is 4.56. The van der Waals surface area contributed by atoms with E-state index in [4.69, 9.17) is 14.2 Å². The molecule has 0 atom stereocenters. The summed E-state index contributed by atoms with van der Waals surface area (Å²) in [5, 5.41) is 3.24. The van der Waals surface area contributed by atoms with Gasteiger partial charge in [0, 0.05) is 51.3 Å². The van der Waals surface area contributed by atoms with E-state index in [2.05, 4.69) is 5.32 Å². The molecule has 1 aliphatic heterocycles. The number of benzene rings is 1. The number of rotatable bonds is 9. The SMILES string of the molecule is COc1cc(C(=O)N(CCC(=O)N2CCNCC2)CC(C)C)cc(OC)c1OC. The molecule has 29 heavy (non-hydrogen) atoms. The number of ether oxygens (including phenoxy) is 3. The summed E-state index contributed by atoms with van der Waals surface area (Å²) in [6.07, 6.45) is 0.308. The molecule has 8 heteroatoms. The highest BCUT2D eigenvalue weighted by atomic mass is 16.5. The van der Waals surface area contributed by atoms with Gasteiger partial charge in [0.1, 0.15) is 0 Å². The van der Waals surface area contributed by atoms with E-state index >= 15 is 0 Å². The second-order valence-electron chi connectivity index (χ2n) is 7.44. The van der Waals surface area contributed by atoms with Gasteiger partial charge in [-0.2, -0.15) is 0 Å². The van der Waals surface area contributed by atoms with Crippen molar-refractivity contribution >= 4 is 11.8 Å². The normalized spacial score (nSPS) is 13.9. The van der Waals surface area contributed by atoms with Crippen LogP contribution < -0.4 is 19.5 Å². The Hall–Kier alpha value is -2.48. The monoisotopic (exact) mass is 407 g/mol. The highest BCUT2D eigenvalue weighted by Crippen LogP contribution is 2.38. The Labute approximate surface area is 173 Å². The molecule has 1 fully saturated rings. The number of methoxy groups -OCH3 is 3. The Kier molecular flexibility index (Phi) is 8.57. The van der Waals surface area contributed by atoms with E-state index in [-0.39, 0.29) is 17.7 Å². The maximum atomic E-state index is 13.2. The topological polar surface area (TPSA) is 80.3 Å². The van der Waals surface area contributed by atoms with Gasteiger partial charge >= 0.3 is 0 Å². The Morgan fingerprint density at radius 3 is 2.14 bits per heavy atom. The number of nitrogens with one attached hydrogen (secondary N) is 1. The quantitative estimate of drug-likeness (QED) is 0.670. The van der Waals surface area contributed by atoms with Crippen LogP contribution in [0, 0.1) is 5.92 Å². The number of hydrogen-bond acceptors (Lipinski definition) is 6. The second-order valence-corrected chi connectivity index (χ2v) is 7.44. The van der Waals surface area contributed by atoms with Gasteiger partial charge in [0.05, 0.1) is 21.3 Å². The smallest absolute Gasteiger partial charge is 0.254 e. The maximum absolute atomic E-state index is 13.2. The first kappa shape index (κ1) is 22.8. The predicted octanol–water partition coefficient (Wildman–Crippen LogP) is 1.63. The van der Waals surface area contributed by atoms with Crippen molar-refractivity contribution in [3.63, 3.8) is 0 Å². The van der Waals surface area contributed by atoms with Crippen molar-refractivity contribution in [1.82, 2.24) is 15.1 Å². The molecule has 1 saturated heterocycles. The lowest BCUT2D eigenvalue weighted by atomic mass is 10.1. The molecule has 0 spiro atoms. The van der Waals surface area contributed by atoms with Crippen LogP contribution in [0.3, 0.4) is 0 Å². The molecule has 8 nitrogen and oxygen atoms in total. The van der Waals surface area contributed by atoms with E-state index in [0.29, 0.717) is 55.4 Å². The number of hydrogen-bond donors (Lipinski definition) is 1. The third kappa shape index (κ3) is 6.00. The van der Waals surface area contributed by atoms with Gasteiger partial charge in [0.15, 0.2) is 11.5 Å². The summed E-state index contributed by atoms with van der Waals surface area (Å²) in [6.45, 7) is 8.08. The number of nitrogens with zero attached hydrogens (tertiary/aromatic N) is 2. The van der Waals surface area contributed by atoms with E-state index < -0.39 is 0 Å². The van der Waals surface area contributed by atoms with Crippen molar-refractivity contribution in [3.05, 3.63) is 17.7 Å². The fraction of sp³-hybridized carbons (Fsp3) is 0.619. The number of amides is 2. The molecule has 1 N–H and O–H groups in total. The Morgan fingerprint density at radius 1 is 1.07 bits per heavy atom. The zero-order chi connectivity index (χ0) is 21.4. The van der Waals surface area contributed by atoms with Crippen molar-refractivity contribution in [1.29, 1.82) is 0 Å².